The van der Waals surface area contributed by atoms with Gasteiger partial charge in [0.15, 0.2) is 0 Å². The molecule has 0 bridgehead atoms. The van der Waals surface area contributed by atoms with Crippen molar-refractivity contribution in [3.8, 4) is 0 Å². The van der Waals surface area contributed by atoms with Gasteiger partial charge in [-0.05, 0) is 18.6 Å². The Morgan fingerprint density at radius 1 is 1.58 bits per heavy atom. The van der Waals surface area contributed by atoms with Crippen LogP contribution in [0.4, 0.5) is 11.4 Å². The molecule has 1 aromatic rings. The predicted molar refractivity (Wildman–Crippen MR) is 74.4 cm³/mol. The van der Waals surface area contributed by atoms with Gasteiger partial charge in [0, 0.05) is 6.54 Å². The molecule has 0 amide bonds. The molecule has 0 aromatic heterocycles. The predicted octanol–water partition coefficient (Wildman–Crippen LogP) is 1.67. The van der Waals surface area contributed by atoms with E-state index < -0.39 is 5.97 Å². The number of carbonyl (C=O) groups is 1. The van der Waals surface area contributed by atoms with E-state index in [1.54, 1.807) is 6.07 Å². The average Bonchev–Trinajstić information content (AvgIpc) is 2.46. The van der Waals surface area contributed by atoms with Crippen LogP contribution >= 0.6 is 0 Å². The lowest BCUT2D eigenvalue weighted by Gasteiger charge is -2.37. The molecule has 1 heterocycles. The number of anilines is 2. The third-order valence-corrected chi connectivity index (χ3v) is 3.50. The minimum absolute atomic E-state index is 0.295. The van der Waals surface area contributed by atoms with Gasteiger partial charge in [0.25, 0.3) is 0 Å². The molecule has 19 heavy (non-hydrogen) atoms. The highest BCUT2D eigenvalue weighted by atomic mass is 16.5. The number of esters is 1. The van der Waals surface area contributed by atoms with Crippen molar-refractivity contribution in [2.24, 2.45) is 0 Å². The van der Waals surface area contributed by atoms with Crippen molar-refractivity contribution in [1.82, 2.24) is 0 Å². The van der Waals surface area contributed by atoms with E-state index in [1.165, 1.54) is 7.11 Å². The first-order chi connectivity index (χ1) is 9.19. The van der Waals surface area contributed by atoms with Gasteiger partial charge in [0.2, 0.25) is 0 Å². The molecular formula is C14H20N2O3. The van der Waals surface area contributed by atoms with Gasteiger partial charge in [0.05, 0.1) is 43.3 Å². The number of para-hydroxylation sites is 1. The Bertz CT molecular complexity index is 462. The molecule has 1 saturated heterocycles. The SMILES string of the molecule is CCC1COCCN1c1cccc(C(=O)OC)c1N. The normalized spacial score (nSPS) is 19.3. The van der Waals surface area contributed by atoms with Crippen LogP contribution in [0.15, 0.2) is 18.2 Å². The van der Waals surface area contributed by atoms with E-state index >= 15 is 0 Å². The van der Waals surface area contributed by atoms with E-state index in [9.17, 15) is 4.79 Å². The van der Waals surface area contributed by atoms with Crippen LogP contribution in [0.5, 0.6) is 0 Å². The minimum Gasteiger partial charge on any atom is -0.465 e. The monoisotopic (exact) mass is 264 g/mol. The van der Waals surface area contributed by atoms with Crippen molar-refractivity contribution < 1.29 is 14.3 Å². The van der Waals surface area contributed by atoms with Crippen LogP contribution in [0.1, 0.15) is 23.7 Å². The van der Waals surface area contributed by atoms with Gasteiger partial charge in [-0.25, -0.2) is 4.79 Å². The fourth-order valence-electron chi connectivity index (χ4n) is 2.40. The number of nitrogens with zero attached hydrogens (tertiary/aromatic N) is 1. The van der Waals surface area contributed by atoms with Gasteiger partial charge in [-0.3, -0.25) is 0 Å². The van der Waals surface area contributed by atoms with Crippen molar-refractivity contribution in [3.05, 3.63) is 23.8 Å². The Kier molecular flexibility index (Phi) is 4.27. The quantitative estimate of drug-likeness (QED) is 0.664. The molecule has 1 fully saturated rings. The summed E-state index contributed by atoms with van der Waals surface area (Å²) in [5.41, 5.74) is 7.91. The van der Waals surface area contributed by atoms with E-state index in [2.05, 4.69) is 11.8 Å². The lowest BCUT2D eigenvalue weighted by atomic mass is 10.1. The third-order valence-electron chi connectivity index (χ3n) is 3.50. The van der Waals surface area contributed by atoms with Gasteiger partial charge in [-0.1, -0.05) is 13.0 Å². The van der Waals surface area contributed by atoms with Crippen LogP contribution in [0.25, 0.3) is 0 Å². The Hall–Kier alpha value is -1.75. The smallest absolute Gasteiger partial charge is 0.340 e. The van der Waals surface area contributed by atoms with Gasteiger partial charge < -0.3 is 20.1 Å². The van der Waals surface area contributed by atoms with E-state index in [1.807, 2.05) is 12.1 Å². The number of morpholine rings is 1. The second-order valence-electron chi connectivity index (χ2n) is 4.56. The van der Waals surface area contributed by atoms with Crippen LogP contribution in [-0.4, -0.2) is 38.9 Å². The maximum Gasteiger partial charge on any atom is 0.340 e. The first-order valence-corrected chi connectivity index (χ1v) is 6.50. The summed E-state index contributed by atoms with van der Waals surface area (Å²) in [6.07, 6.45) is 0.974. The molecule has 0 spiro atoms. The number of hydrogen-bond donors (Lipinski definition) is 1. The molecule has 1 atom stereocenters. The second kappa shape index (κ2) is 5.93. The van der Waals surface area contributed by atoms with Crippen molar-refractivity contribution in [1.29, 1.82) is 0 Å². The largest absolute Gasteiger partial charge is 0.465 e. The topological polar surface area (TPSA) is 64.8 Å². The zero-order valence-electron chi connectivity index (χ0n) is 11.4. The Balaban J connectivity index is 2.36. The first-order valence-electron chi connectivity index (χ1n) is 6.50. The number of ether oxygens (including phenoxy) is 2. The number of rotatable bonds is 3. The fraction of sp³-hybridized carbons (Fsp3) is 0.500. The highest BCUT2D eigenvalue weighted by Crippen LogP contribution is 2.30. The summed E-state index contributed by atoms with van der Waals surface area (Å²) in [7, 11) is 1.36. The van der Waals surface area contributed by atoms with E-state index in [0.717, 1.165) is 18.7 Å². The van der Waals surface area contributed by atoms with Crippen molar-refractivity contribution >= 4 is 17.3 Å². The Labute approximate surface area is 113 Å². The van der Waals surface area contributed by atoms with Crippen LogP contribution in [0, 0.1) is 0 Å². The minimum atomic E-state index is -0.402. The number of methoxy groups -OCH3 is 1. The molecule has 0 aliphatic carbocycles. The van der Waals surface area contributed by atoms with Crippen LogP contribution in [0.2, 0.25) is 0 Å². The molecule has 0 saturated carbocycles. The number of nitrogen functional groups attached to an aromatic ring is 1. The summed E-state index contributed by atoms with van der Waals surface area (Å²) in [6, 6.07) is 5.76. The molecule has 2 N–H and O–H groups in total. The van der Waals surface area contributed by atoms with Crippen molar-refractivity contribution in [2.45, 2.75) is 19.4 Å². The summed E-state index contributed by atoms with van der Waals surface area (Å²) in [5, 5.41) is 0. The molecule has 1 aliphatic heterocycles. The number of carbonyl (C=O) groups excluding carboxylic acids is 1. The van der Waals surface area contributed by atoms with E-state index in [4.69, 9.17) is 15.2 Å². The average molecular weight is 264 g/mol. The molecule has 104 valence electrons. The molecule has 0 radical (unpaired) electrons. The lowest BCUT2D eigenvalue weighted by Crippen LogP contribution is -2.45. The van der Waals surface area contributed by atoms with Gasteiger partial charge >= 0.3 is 5.97 Å². The molecule has 2 rings (SSSR count). The first kappa shape index (κ1) is 13.7. The summed E-state index contributed by atoms with van der Waals surface area (Å²) in [4.78, 5) is 13.9. The zero-order valence-corrected chi connectivity index (χ0v) is 11.4. The van der Waals surface area contributed by atoms with Crippen LogP contribution in [-0.2, 0) is 9.47 Å². The van der Waals surface area contributed by atoms with Gasteiger partial charge in [-0.15, -0.1) is 0 Å². The summed E-state index contributed by atoms with van der Waals surface area (Å²) in [5.74, 6) is -0.402. The number of benzene rings is 1. The lowest BCUT2D eigenvalue weighted by molar-refractivity contribution is 0.0602. The Morgan fingerprint density at radius 3 is 3.05 bits per heavy atom. The highest BCUT2D eigenvalue weighted by Gasteiger charge is 2.25. The summed E-state index contributed by atoms with van der Waals surface area (Å²) < 4.78 is 10.2. The molecule has 1 aliphatic rings. The number of nitrogens with two attached hydrogens (primary N) is 1. The summed E-state index contributed by atoms with van der Waals surface area (Å²) >= 11 is 0. The highest BCUT2D eigenvalue weighted by molar-refractivity contribution is 5.98. The van der Waals surface area contributed by atoms with Crippen LogP contribution in [0.3, 0.4) is 0 Å². The van der Waals surface area contributed by atoms with Crippen LogP contribution < -0.4 is 10.6 Å². The number of hydrogen-bond acceptors (Lipinski definition) is 5. The van der Waals surface area contributed by atoms with E-state index in [-0.39, 0.29) is 0 Å². The molecule has 5 heteroatoms. The molecule has 5 nitrogen and oxygen atoms in total. The molecule has 1 aromatic carbocycles. The van der Waals surface area contributed by atoms with Crippen molar-refractivity contribution in [2.75, 3.05) is 37.5 Å². The fourth-order valence-corrected chi connectivity index (χ4v) is 2.40. The summed E-state index contributed by atoms with van der Waals surface area (Å²) in [6.45, 7) is 4.27. The maximum atomic E-state index is 11.7. The van der Waals surface area contributed by atoms with E-state index in [0.29, 0.717) is 30.5 Å². The zero-order chi connectivity index (χ0) is 13.8. The maximum absolute atomic E-state index is 11.7. The van der Waals surface area contributed by atoms with Crippen molar-refractivity contribution in [3.63, 3.8) is 0 Å². The van der Waals surface area contributed by atoms with Gasteiger partial charge in [0.1, 0.15) is 0 Å². The Morgan fingerprint density at radius 2 is 2.37 bits per heavy atom. The molecule has 1 unspecified atom stereocenters. The standard InChI is InChI=1S/C14H20N2O3/c1-3-10-9-19-8-7-16(10)12-6-4-5-11(13(12)15)14(17)18-2/h4-6,10H,3,7-9,15H2,1-2H3. The van der Waals surface area contributed by atoms with Gasteiger partial charge in [-0.2, -0.15) is 0 Å². The third kappa shape index (κ3) is 2.66. The molecular weight excluding hydrogens is 244 g/mol. The second-order valence-corrected chi connectivity index (χ2v) is 4.56.